The first kappa shape index (κ1) is 14.0. The van der Waals surface area contributed by atoms with Crippen LogP contribution in [0.4, 0.5) is 0 Å². The lowest BCUT2D eigenvalue weighted by Crippen LogP contribution is -2.52. The number of hydrogen-bond acceptors (Lipinski definition) is 2. The predicted molar refractivity (Wildman–Crippen MR) is 86.1 cm³/mol. The second-order valence-corrected chi connectivity index (χ2v) is 6.81. The Bertz CT molecular complexity index is 586. The number of aliphatic hydroxyl groups is 2. The zero-order valence-corrected chi connectivity index (χ0v) is 12.7. The summed E-state index contributed by atoms with van der Waals surface area (Å²) in [6.07, 6.45) is 3.92. The van der Waals surface area contributed by atoms with Gasteiger partial charge in [-0.1, -0.05) is 60.7 Å². The Hall–Kier alpha value is -1.64. The fourth-order valence-electron chi connectivity index (χ4n) is 3.92. The molecule has 2 heteroatoms. The smallest absolute Gasteiger partial charge is 0.125 e. The van der Waals surface area contributed by atoms with Crippen molar-refractivity contribution >= 4 is 0 Å². The molecule has 2 unspecified atom stereocenters. The molecule has 22 heavy (non-hydrogen) atoms. The first-order valence-electron chi connectivity index (χ1n) is 8.23. The molecule has 4 rings (SSSR count). The van der Waals surface area contributed by atoms with Gasteiger partial charge in [0.25, 0.3) is 0 Å². The van der Waals surface area contributed by atoms with Crippen LogP contribution in [0.15, 0.2) is 60.7 Å². The van der Waals surface area contributed by atoms with E-state index in [1.54, 1.807) is 0 Å². The minimum Gasteiger partial charge on any atom is -0.381 e. The predicted octanol–water partition coefficient (Wildman–Crippen LogP) is 3.58. The van der Waals surface area contributed by atoms with Crippen molar-refractivity contribution in [3.05, 3.63) is 71.8 Å². The molecule has 2 saturated carbocycles. The molecule has 0 heterocycles. The van der Waals surface area contributed by atoms with Gasteiger partial charge in [-0.05, 0) is 48.6 Å². The van der Waals surface area contributed by atoms with Crippen molar-refractivity contribution in [3.63, 3.8) is 0 Å². The summed E-state index contributed by atoms with van der Waals surface area (Å²) in [5.41, 5.74) is -0.709. The van der Waals surface area contributed by atoms with Crippen LogP contribution in [0.5, 0.6) is 0 Å². The van der Waals surface area contributed by atoms with E-state index in [0.29, 0.717) is 0 Å². The molecule has 2 atom stereocenters. The zero-order valence-electron chi connectivity index (χ0n) is 12.7. The molecule has 0 amide bonds. The first-order chi connectivity index (χ1) is 10.7. The topological polar surface area (TPSA) is 40.5 Å². The van der Waals surface area contributed by atoms with E-state index in [1.165, 1.54) is 0 Å². The Kier molecular flexibility index (Phi) is 3.14. The molecular formula is C20H22O2. The van der Waals surface area contributed by atoms with Gasteiger partial charge in [-0.2, -0.15) is 0 Å². The van der Waals surface area contributed by atoms with Crippen LogP contribution in [0.3, 0.4) is 0 Å². The SMILES string of the molecule is OC(c1ccccc1)(C1CC1)C(O)(c1ccccc1)C1CC1. The molecule has 2 nitrogen and oxygen atoms in total. The average Bonchev–Trinajstić information content (AvgIpc) is 3.46. The van der Waals surface area contributed by atoms with Crippen LogP contribution in [0.1, 0.15) is 36.8 Å². The summed E-state index contributed by atoms with van der Waals surface area (Å²) >= 11 is 0. The van der Waals surface area contributed by atoms with Gasteiger partial charge in [0.15, 0.2) is 0 Å². The summed E-state index contributed by atoms with van der Waals surface area (Å²) in [7, 11) is 0. The largest absolute Gasteiger partial charge is 0.381 e. The maximum absolute atomic E-state index is 11.8. The van der Waals surface area contributed by atoms with E-state index in [9.17, 15) is 10.2 Å². The monoisotopic (exact) mass is 294 g/mol. The highest BCUT2D eigenvalue weighted by molar-refractivity contribution is 5.38. The van der Waals surface area contributed by atoms with Crippen molar-refractivity contribution in [2.24, 2.45) is 11.8 Å². The molecule has 2 aliphatic rings. The van der Waals surface area contributed by atoms with Crippen LogP contribution in [0, 0.1) is 11.8 Å². The van der Waals surface area contributed by atoms with E-state index < -0.39 is 11.2 Å². The van der Waals surface area contributed by atoms with E-state index in [1.807, 2.05) is 60.7 Å². The lowest BCUT2D eigenvalue weighted by molar-refractivity contribution is -0.191. The van der Waals surface area contributed by atoms with Crippen molar-refractivity contribution in [2.75, 3.05) is 0 Å². The Balaban J connectivity index is 1.90. The van der Waals surface area contributed by atoms with Gasteiger partial charge < -0.3 is 10.2 Å². The van der Waals surface area contributed by atoms with Crippen molar-refractivity contribution in [1.29, 1.82) is 0 Å². The molecular weight excluding hydrogens is 272 g/mol. The van der Waals surface area contributed by atoms with Gasteiger partial charge in [0.1, 0.15) is 11.2 Å². The number of hydrogen-bond donors (Lipinski definition) is 2. The van der Waals surface area contributed by atoms with E-state index in [2.05, 4.69) is 0 Å². The maximum atomic E-state index is 11.8. The lowest BCUT2D eigenvalue weighted by atomic mass is 9.68. The molecule has 2 fully saturated rings. The second kappa shape index (κ2) is 4.94. The fourth-order valence-corrected chi connectivity index (χ4v) is 3.92. The van der Waals surface area contributed by atoms with Crippen molar-refractivity contribution in [3.8, 4) is 0 Å². The van der Waals surface area contributed by atoms with Gasteiger partial charge in [-0.15, -0.1) is 0 Å². The molecule has 2 N–H and O–H groups in total. The minimum atomic E-state index is -1.20. The van der Waals surface area contributed by atoms with Gasteiger partial charge in [0, 0.05) is 0 Å². The highest BCUT2D eigenvalue weighted by atomic mass is 16.4. The highest BCUT2D eigenvalue weighted by Crippen LogP contribution is 2.62. The Morgan fingerprint density at radius 3 is 1.18 bits per heavy atom. The third-order valence-corrected chi connectivity index (χ3v) is 5.35. The third kappa shape index (κ3) is 1.94. The molecule has 114 valence electrons. The molecule has 0 radical (unpaired) electrons. The summed E-state index contributed by atoms with van der Waals surface area (Å²) < 4.78 is 0. The molecule has 2 aromatic carbocycles. The van der Waals surface area contributed by atoms with Gasteiger partial charge >= 0.3 is 0 Å². The van der Waals surface area contributed by atoms with E-state index in [4.69, 9.17) is 0 Å². The Labute approximate surface area is 131 Å². The number of rotatable bonds is 5. The van der Waals surface area contributed by atoms with Crippen LogP contribution in [0.25, 0.3) is 0 Å². The van der Waals surface area contributed by atoms with Gasteiger partial charge in [0.2, 0.25) is 0 Å². The van der Waals surface area contributed by atoms with Gasteiger partial charge in [-0.3, -0.25) is 0 Å². The quantitative estimate of drug-likeness (QED) is 0.885. The first-order valence-corrected chi connectivity index (χ1v) is 8.23. The van der Waals surface area contributed by atoms with Crippen LogP contribution in [0.2, 0.25) is 0 Å². The maximum Gasteiger partial charge on any atom is 0.125 e. The molecule has 2 aliphatic carbocycles. The van der Waals surface area contributed by atoms with Gasteiger partial charge in [-0.25, -0.2) is 0 Å². The van der Waals surface area contributed by atoms with E-state index in [-0.39, 0.29) is 11.8 Å². The summed E-state index contributed by atoms with van der Waals surface area (Å²) in [5, 5.41) is 23.5. The van der Waals surface area contributed by atoms with Crippen LogP contribution in [-0.2, 0) is 11.2 Å². The highest BCUT2D eigenvalue weighted by Gasteiger charge is 2.64. The van der Waals surface area contributed by atoms with Crippen molar-refractivity contribution < 1.29 is 10.2 Å². The van der Waals surface area contributed by atoms with Crippen LogP contribution >= 0.6 is 0 Å². The second-order valence-electron chi connectivity index (χ2n) is 6.81. The average molecular weight is 294 g/mol. The Morgan fingerprint density at radius 1 is 0.591 bits per heavy atom. The normalized spacial score (nSPS) is 23.5. The number of benzene rings is 2. The third-order valence-electron chi connectivity index (χ3n) is 5.35. The molecule has 0 bridgehead atoms. The molecule has 0 spiro atoms. The van der Waals surface area contributed by atoms with Crippen molar-refractivity contribution in [2.45, 2.75) is 36.9 Å². The van der Waals surface area contributed by atoms with Crippen LogP contribution in [-0.4, -0.2) is 10.2 Å². The molecule has 2 aromatic rings. The summed E-state index contributed by atoms with van der Waals surface area (Å²) in [6, 6.07) is 19.5. The fraction of sp³-hybridized carbons (Fsp3) is 0.400. The summed E-state index contributed by atoms with van der Waals surface area (Å²) in [5.74, 6) is 0.279. The minimum absolute atomic E-state index is 0.140. The lowest BCUT2D eigenvalue weighted by Gasteiger charge is -2.45. The van der Waals surface area contributed by atoms with E-state index in [0.717, 1.165) is 36.8 Å². The van der Waals surface area contributed by atoms with Crippen LogP contribution < -0.4 is 0 Å². The standard InChI is InChI=1S/C20H22O2/c21-19(17-11-12-17,15-7-3-1-4-8-15)20(22,18-13-14-18)16-9-5-2-6-10-16/h1-10,17-18,21-22H,11-14H2. The van der Waals surface area contributed by atoms with Gasteiger partial charge in [0.05, 0.1) is 0 Å². The molecule has 0 aromatic heterocycles. The molecule has 0 aliphatic heterocycles. The zero-order chi connectivity index (χ0) is 15.2. The summed E-state index contributed by atoms with van der Waals surface area (Å²) in [6.45, 7) is 0. The van der Waals surface area contributed by atoms with Crippen molar-refractivity contribution in [1.82, 2.24) is 0 Å². The van der Waals surface area contributed by atoms with E-state index >= 15 is 0 Å². The summed E-state index contributed by atoms with van der Waals surface area (Å²) in [4.78, 5) is 0. The molecule has 0 saturated heterocycles. The Morgan fingerprint density at radius 2 is 0.909 bits per heavy atom.